The van der Waals surface area contributed by atoms with Gasteiger partial charge in [0.2, 0.25) is 5.91 Å². The molecule has 2 aliphatic heterocycles. The molecule has 0 spiro atoms. The average Bonchev–Trinajstić information content (AvgIpc) is 2.46. The van der Waals surface area contributed by atoms with Crippen LogP contribution in [0.1, 0.15) is 32.6 Å². The summed E-state index contributed by atoms with van der Waals surface area (Å²) in [6.07, 6.45) is 3.66. The SMILES string of the molecule is CC(N)CCC(=O)N1CCN(C2CCOCC2)CC1.Cl.Cl. The van der Waals surface area contributed by atoms with Gasteiger partial charge in [-0.25, -0.2) is 0 Å². The van der Waals surface area contributed by atoms with Gasteiger partial charge >= 0.3 is 0 Å². The second-order valence-corrected chi connectivity index (χ2v) is 5.78. The molecule has 0 aliphatic carbocycles. The molecule has 1 amide bonds. The van der Waals surface area contributed by atoms with Gasteiger partial charge in [-0.1, -0.05) is 0 Å². The molecule has 1 unspecified atom stereocenters. The van der Waals surface area contributed by atoms with E-state index in [1.165, 1.54) is 0 Å². The van der Waals surface area contributed by atoms with Gasteiger partial charge in [0.25, 0.3) is 0 Å². The summed E-state index contributed by atoms with van der Waals surface area (Å²) in [6, 6.07) is 0.780. The minimum Gasteiger partial charge on any atom is -0.381 e. The number of carbonyl (C=O) groups is 1. The standard InChI is InChI=1S/C14H27N3O2.2ClH/c1-12(15)2-3-14(18)17-8-6-16(7-9-17)13-4-10-19-11-5-13;;/h12-13H,2-11,15H2,1H3;2*1H. The predicted molar refractivity (Wildman–Crippen MR) is 89.4 cm³/mol. The van der Waals surface area contributed by atoms with Crippen LogP contribution in [0.4, 0.5) is 0 Å². The van der Waals surface area contributed by atoms with Crippen LogP contribution in [0.25, 0.3) is 0 Å². The number of nitrogens with zero attached hydrogens (tertiary/aromatic N) is 2. The van der Waals surface area contributed by atoms with Crippen LogP contribution in [0.2, 0.25) is 0 Å². The second-order valence-electron chi connectivity index (χ2n) is 5.78. The second kappa shape index (κ2) is 10.6. The van der Waals surface area contributed by atoms with Gasteiger partial charge in [-0.2, -0.15) is 0 Å². The summed E-state index contributed by atoms with van der Waals surface area (Å²) in [5.74, 6) is 0.268. The first-order chi connectivity index (χ1) is 9.16. The number of amides is 1. The fourth-order valence-electron chi connectivity index (χ4n) is 2.90. The lowest BCUT2D eigenvalue weighted by atomic mass is 10.1. The highest BCUT2D eigenvalue weighted by molar-refractivity contribution is 5.85. The lowest BCUT2D eigenvalue weighted by Gasteiger charge is -2.40. The fraction of sp³-hybridized carbons (Fsp3) is 0.929. The Morgan fingerprint density at radius 2 is 1.76 bits per heavy atom. The van der Waals surface area contributed by atoms with Crippen LogP contribution in [0.5, 0.6) is 0 Å². The molecule has 2 heterocycles. The van der Waals surface area contributed by atoms with E-state index in [4.69, 9.17) is 10.5 Å². The molecule has 7 heteroatoms. The third-order valence-electron chi connectivity index (χ3n) is 4.19. The van der Waals surface area contributed by atoms with Crippen molar-refractivity contribution in [2.45, 2.75) is 44.7 Å². The largest absolute Gasteiger partial charge is 0.381 e. The molecule has 0 radical (unpaired) electrons. The van der Waals surface area contributed by atoms with E-state index < -0.39 is 0 Å². The molecule has 0 saturated carbocycles. The van der Waals surface area contributed by atoms with Crippen LogP contribution in [-0.2, 0) is 9.53 Å². The van der Waals surface area contributed by atoms with E-state index in [0.717, 1.165) is 58.7 Å². The summed E-state index contributed by atoms with van der Waals surface area (Å²) in [5, 5.41) is 0. The summed E-state index contributed by atoms with van der Waals surface area (Å²) in [7, 11) is 0. The van der Waals surface area contributed by atoms with Crippen LogP contribution in [0.15, 0.2) is 0 Å². The van der Waals surface area contributed by atoms with E-state index in [2.05, 4.69) is 4.90 Å². The monoisotopic (exact) mass is 341 g/mol. The molecular formula is C14H29Cl2N3O2. The van der Waals surface area contributed by atoms with Crippen LogP contribution < -0.4 is 5.73 Å². The van der Waals surface area contributed by atoms with E-state index in [1.54, 1.807) is 0 Å². The highest BCUT2D eigenvalue weighted by atomic mass is 35.5. The Balaban J connectivity index is 0.00000200. The van der Waals surface area contributed by atoms with Crippen molar-refractivity contribution in [3.8, 4) is 0 Å². The molecule has 5 nitrogen and oxygen atoms in total. The molecule has 0 bridgehead atoms. The van der Waals surface area contributed by atoms with Gasteiger partial charge in [-0.15, -0.1) is 24.8 Å². The number of piperazine rings is 1. The summed E-state index contributed by atoms with van der Waals surface area (Å²) < 4.78 is 5.40. The molecule has 0 aromatic carbocycles. The maximum atomic E-state index is 12.0. The van der Waals surface area contributed by atoms with Crippen molar-refractivity contribution in [2.24, 2.45) is 5.73 Å². The van der Waals surface area contributed by atoms with Gasteiger partial charge in [0.1, 0.15) is 0 Å². The van der Waals surface area contributed by atoms with E-state index >= 15 is 0 Å². The topological polar surface area (TPSA) is 58.8 Å². The van der Waals surface area contributed by atoms with Crippen molar-refractivity contribution in [1.29, 1.82) is 0 Å². The number of hydrogen-bond acceptors (Lipinski definition) is 4. The molecule has 2 rings (SSSR count). The highest BCUT2D eigenvalue weighted by Crippen LogP contribution is 2.17. The summed E-state index contributed by atoms with van der Waals surface area (Å²) in [6.45, 7) is 7.49. The number of halogens is 2. The van der Waals surface area contributed by atoms with E-state index in [9.17, 15) is 4.79 Å². The molecule has 0 aromatic rings. The van der Waals surface area contributed by atoms with Crippen LogP contribution in [0, 0.1) is 0 Å². The van der Waals surface area contributed by atoms with E-state index in [1.807, 2.05) is 11.8 Å². The first-order valence-electron chi connectivity index (χ1n) is 7.52. The Morgan fingerprint density at radius 1 is 1.19 bits per heavy atom. The Bertz CT molecular complexity index is 292. The van der Waals surface area contributed by atoms with Gasteiger partial charge in [0, 0.05) is 57.9 Å². The van der Waals surface area contributed by atoms with Crippen molar-refractivity contribution in [3.05, 3.63) is 0 Å². The maximum Gasteiger partial charge on any atom is 0.222 e. The van der Waals surface area contributed by atoms with Crippen LogP contribution in [-0.4, -0.2) is 67.2 Å². The molecule has 2 fully saturated rings. The Hall–Kier alpha value is -0.0700. The summed E-state index contributed by atoms with van der Waals surface area (Å²) in [5.41, 5.74) is 5.70. The normalized spacial score (nSPS) is 22.1. The van der Waals surface area contributed by atoms with Gasteiger partial charge < -0.3 is 15.4 Å². The molecule has 2 aliphatic rings. The third kappa shape index (κ3) is 6.70. The quantitative estimate of drug-likeness (QED) is 0.836. The molecule has 0 aromatic heterocycles. The van der Waals surface area contributed by atoms with Crippen molar-refractivity contribution in [1.82, 2.24) is 9.80 Å². The predicted octanol–water partition coefficient (Wildman–Crippen LogP) is 1.28. The van der Waals surface area contributed by atoms with Crippen molar-refractivity contribution < 1.29 is 9.53 Å². The molecule has 1 atom stereocenters. The molecule has 126 valence electrons. The summed E-state index contributed by atoms with van der Waals surface area (Å²) >= 11 is 0. The van der Waals surface area contributed by atoms with E-state index in [0.29, 0.717) is 12.5 Å². The Kier molecular flexibility index (Phi) is 10.6. The van der Waals surface area contributed by atoms with Crippen molar-refractivity contribution >= 4 is 30.7 Å². The van der Waals surface area contributed by atoms with Crippen molar-refractivity contribution in [2.75, 3.05) is 39.4 Å². The zero-order valence-corrected chi connectivity index (χ0v) is 14.5. The number of hydrogen-bond donors (Lipinski definition) is 1. The number of carbonyl (C=O) groups excluding carboxylic acids is 1. The van der Waals surface area contributed by atoms with Gasteiger partial charge in [-0.3, -0.25) is 9.69 Å². The van der Waals surface area contributed by atoms with Gasteiger partial charge in [0.05, 0.1) is 0 Å². The van der Waals surface area contributed by atoms with Gasteiger partial charge in [0.15, 0.2) is 0 Å². The minimum absolute atomic E-state index is 0. The van der Waals surface area contributed by atoms with Gasteiger partial charge in [-0.05, 0) is 26.2 Å². The lowest BCUT2D eigenvalue weighted by Crippen LogP contribution is -2.53. The maximum absolute atomic E-state index is 12.0. The van der Waals surface area contributed by atoms with Crippen LogP contribution in [0.3, 0.4) is 0 Å². The number of rotatable bonds is 4. The molecular weight excluding hydrogens is 313 g/mol. The summed E-state index contributed by atoms with van der Waals surface area (Å²) in [4.78, 5) is 16.5. The molecule has 2 saturated heterocycles. The zero-order chi connectivity index (χ0) is 13.7. The average molecular weight is 342 g/mol. The van der Waals surface area contributed by atoms with Crippen molar-refractivity contribution in [3.63, 3.8) is 0 Å². The molecule has 21 heavy (non-hydrogen) atoms. The van der Waals surface area contributed by atoms with Crippen LogP contribution >= 0.6 is 24.8 Å². The Labute approximate surface area is 140 Å². The molecule has 2 N–H and O–H groups in total. The Morgan fingerprint density at radius 3 is 2.29 bits per heavy atom. The number of ether oxygens (including phenoxy) is 1. The number of nitrogens with two attached hydrogens (primary N) is 1. The lowest BCUT2D eigenvalue weighted by molar-refractivity contribution is -0.133. The highest BCUT2D eigenvalue weighted by Gasteiger charge is 2.26. The van der Waals surface area contributed by atoms with E-state index in [-0.39, 0.29) is 36.8 Å². The minimum atomic E-state index is 0. The zero-order valence-electron chi connectivity index (χ0n) is 12.8. The third-order valence-corrected chi connectivity index (χ3v) is 4.19. The fourth-order valence-corrected chi connectivity index (χ4v) is 2.90. The first-order valence-corrected chi connectivity index (χ1v) is 7.52. The first kappa shape index (κ1) is 20.9. The smallest absolute Gasteiger partial charge is 0.222 e.